The predicted molar refractivity (Wildman–Crippen MR) is 47.7 cm³/mol. The number of nitrogens with zero attached hydrogens (tertiary/aromatic N) is 2. The second kappa shape index (κ2) is 2.79. The third kappa shape index (κ3) is 1.32. The topological polar surface area (TPSA) is 75.8 Å². The van der Waals surface area contributed by atoms with Crippen LogP contribution in [0.2, 0.25) is 0 Å². The molecule has 4 heteroatoms. The maximum atomic E-state index is 8.48. The van der Waals surface area contributed by atoms with Crippen molar-refractivity contribution in [3.05, 3.63) is 23.8 Å². The number of anilines is 1. The van der Waals surface area contributed by atoms with E-state index in [1.54, 1.807) is 12.1 Å². The van der Waals surface area contributed by atoms with E-state index >= 15 is 0 Å². The number of benzene rings is 1. The van der Waals surface area contributed by atoms with E-state index in [2.05, 4.69) is 11.1 Å². The lowest BCUT2D eigenvalue weighted by atomic mass is 10.1. The number of hydrogen-bond acceptors (Lipinski definition) is 4. The molecule has 0 saturated heterocycles. The number of nitriles is 1. The smallest absolute Gasteiger partial charge is 0.292 e. The molecule has 64 valence electrons. The summed E-state index contributed by atoms with van der Waals surface area (Å²) in [6, 6.07) is 7.63. The van der Waals surface area contributed by atoms with Gasteiger partial charge in [-0.1, -0.05) is 6.07 Å². The van der Waals surface area contributed by atoms with Crippen LogP contribution in [0.1, 0.15) is 5.56 Å². The summed E-state index contributed by atoms with van der Waals surface area (Å²) in [4.78, 5) is 3.96. The Morgan fingerprint density at radius 3 is 3.15 bits per heavy atom. The van der Waals surface area contributed by atoms with E-state index in [-0.39, 0.29) is 6.01 Å². The average molecular weight is 173 g/mol. The van der Waals surface area contributed by atoms with Crippen molar-refractivity contribution in [1.82, 2.24) is 4.98 Å². The molecule has 1 aromatic carbocycles. The van der Waals surface area contributed by atoms with Gasteiger partial charge in [-0.3, -0.25) is 0 Å². The van der Waals surface area contributed by atoms with Crippen molar-refractivity contribution in [3.63, 3.8) is 0 Å². The lowest BCUT2D eigenvalue weighted by molar-refractivity contribution is 0.626. The van der Waals surface area contributed by atoms with Crippen LogP contribution in [-0.2, 0) is 6.42 Å². The van der Waals surface area contributed by atoms with Crippen LogP contribution in [0.25, 0.3) is 11.1 Å². The summed E-state index contributed by atoms with van der Waals surface area (Å²) in [7, 11) is 0. The minimum atomic E-state index is 0.157. The van der Waals surface area contributed by atoms with Crippen LogP contribution >= 0.6 is 0 Å². The molecule has 0 amide bonds. The molecule has 0 unspecified atom stereocenters. The molecule has 1 heterocycles. The summed E-state index contributed by atoms with van der Waals surface area (Å²) in [6.45, 7) is 0. The molecule has 0 spiro atoms. The zero-order valence-corrected chi connectivity index (χ0v) is 6.82. The molecule has 1 aromatic heterocycles. The van der Waals surface area contributed by atoms with Crippen molar-refractivity contribution < 1.29 is 4.42 Å². The molecule has 2 rings (SSSR count). The number of fused-ring (bicyclic) bond motifs is 1. The summed E-state index contributed by atoms with van der Waals surface area (Å²) in [5.41, 5.74) is 7.64. The van der Waals surface area contributed by atoms with Crippen LogP contribution in [0.4, 0.5) is 6.01 Å². The highest BCUT2D eigenvalue weighted by Gasteiger charge is 2.02. The molecule has 2 N–H and O–H groups in total. The van der Waals surface area contributed by atoms with Gasteiger partial charge in [0.15, 0.2) is 5.58 Å². The van der Waals surface area contributed by atoms with Gasteiger partial charge >= 0.3 is 0 Å². The van der Waals surface area contributed by atoms with Gasteiger partial charge in [-0.25, -0.2) is 0 Å². The summed E-state index contributed by atoms with van der Waals surface area (Å²) in [5, 5.41) is 8.48. The average Bonchev–Trinajstić information content (AvgIpc) is 2.44. The molecule has 0 aliphatic carbocycles. The molecule has 2 aromatic rings. The Morgan fingerprint density at radius 1 is 1.54 bits per heavy atom. The maximum Gasteiger partial charge on any atom is 0.292 e. The van der Waals surface area contributed by atoms with E-state index in [0.29, 0.717) is 17.5 Å². The van der Waals surface area contributed by atoms with Gasteiger partial charge in [0.1, 0.15) is 5.52 Å². The van der Waals surface area contributed by atoms with Crippen LogP contribution in [0, 0.1) is 11.3 Å². The first-order valence-electron chi connectivity index (χ1n) is 3.81. The Morgan fingerprint density at radius 2 is 2.38 bits per heavy atom. The molecular weight excluding hydrogens is 166 g/mol. The Balaban J connectivity index is 2.56. The summed E-state index contributed by atoms with van der Waals surface area (Å²) in [6.07, 6.45) is 0.378. The predicted octanol–water partition coefficient (Wildman–Crippen LogP) is 1.48. The van der Waals surface area contributed by atoms with Gasteiger partial charge in [0.2, 0.25) is 0 Å². The van der Waals surface area contributed by atoms with Gasteiger partial charge in [0, 0.05) is 0 Å². The van der Waals surface area contributed by atoms with Crippen molar-refractivity contribution >= 4 is 17.1 Å². The Hall–Kier alpha value is -2.02. The van der Waals surface area contributed by atoms with E-state index in [0.717, 1.165) is 5.56 Å². The molecule has 13 heavy (non-hydrogen) atoms. The Bertz CT molecular complexity index is 481. The van der Waals surface area contributed by atoms with Crippen LogP contribution in [0.5, 0.6) is 0 Å². The quantitative estimate of drug-likeness (QED) is 0.708. The summed E-state index contributed by atoms with van der Waals surface area (Å²) in [5.74, 6) is 0. The first-order chi connectivity index (χ1) is 6.29. The highest BCUT2D eigenvalue weighted by atomic mass is 16.4. The number of hydrogen-bond donors (Lipinski definition) is 1. The van der Waals surface area contributed by atoms with Crippen LogP contribution < -0.4 is 5.73 Å². The number of nitrogen functional groups attached to an aromatic ring is 1. The van der Waals surface area contributed by atoms with Gasteiger partial charge in [-0.15, -0.1) is 0 Å². The molecule has 0 bridgehead atoms. The molecule has 0 saturated carbocycles. The minimum Gasteiger partial charge on any atom is -0.424 e. The zero-order chi connectivity index (χ0) is 9.26. The Labute approximate surface area is 74.6 Å². The Kier molecular flexibility index (Phi) is 1.64. The number of nitrogens with two attached hydrogens (primary N) is 1. The zero-order valence-electron chi connectivity index (χ0n) is 6.82. The normalized spacial score (nSPS) is 10.1. The van der Waals surface area contributed by atoms with E-state index in [9.17, 15) is 0 Å². The molecular formula is C9H7N3O. The standard InChI is InChI=1S/C9H7N3O/c10-4-3-6-1-2-8-7(5-6)12-9(11)13-8/h1-2,5H,3H2,(H2,11,12). The second-order valence-electron chi connectivity index (χ2n) is 2.69. The fourth-order valence-corrected chi connectivity index (χ4v) is 1.19. The first kappa shape index (κ1) is 7.62. The number of oxazole rings is 1. The van der Waals surface area contributed by atoms with E-state index < -0.39 is 0 Å². The van der Waals surface area contributed by atoms with Gasteiger partial charge in [-0.05, 0) is 17.7 Å². The van der Waals surface area contributed by atoms with Crippen molar-refractivity contribution in [2.75, 3.05) is 5.73 Å². The number of aromatic nitrogens is 1. The second-order valence-corrected chi connectivity index (χ2v) is 2.69. The van der Waals surface area contributed by atoms with E-state index in [1.165, 1.54) is 0 Å². The first-order valence-corrected chi connectivity index (χ1v) is 3.81. The third-order valence-electron chi connectivity index (χ3n) is 1.75. The van der Waals surface area contributed by atoms with Gasteiger partial charge in [0.25, 0.3) is 6.01 Å². The van der Waals surface area contributed by atoms with Crippen LogP contribution in [-0.4, -0.2) is 4.98 Å². The largest absolute Gasteiger partial charge is 0.424 e. The van der Waals surface area contributed by atoms with E-state index in [1.807, 2.05) is 6.07 Å². The highest BCUT2D eigenvalue weighted by Crippen LogP contribution is 2.18. The van der Waals surface area contributed by atoms with Crippen molar-refractivity contribution in [2.45, 2.75) is 6.42 Å². The molecule has 0 aliphatic rings. The van der Waals surface area contributed by atoms with Crippen LogP contribution in [0.3, 0.4) is 0 Å². The summed E-state index contributed by atoms with van der Waals surface area (Å²) < 4.78 is 5.08. The van der Waals surface area contributed by atoms with Gasteiger partial charge in [-0.2, -0.15) is 10.2 Å². The van der Waals surface area contributed by atoms with Gasteiger partial charge in [0.05, 0.1) is 12.5 Å². The molecule has 0 aliphatic heterocycles. The fraction of sp³-hybridized carbons (Fsp3) is 0.111. The maximum absolute atomic E-state index is 8.48. The molecule has 4 nitrogen and oxygen atoms in total. The molecule has 0 atom stereocenters. The SMILES string of the molecule is N#CCc1ccc2oc(N)nc2c1. The number of rotatable bonds is 1. The minimum absolute atomic E-state index is 0.157. The van der Waals surface area contributed by atoms with E-state index in [4.69, 9.17) is 15.4 Å². The lowest BCUT2D eigenvalue weighted by Crippen LogP contribution is -1.82. The lowest BCUT2D eigenvalue weighted by Gasteiger charge is -1.91. The highest BCUT2D eigenvalue weighted by molar-refractivity contribution is 5.74. The third-order valence-corrected chi connectivity index (χ3v) is 1.75. The molecule has 0 fully saturated rings. The van der Waals surface area contributed by atoms with Crippen molar-refractivity contribution in [2.24, 2.45) is 0 Å². The summed E-state index contributed by atoms with van der Waals surface area (Å²) >= 11 is 0. The fourth-order valence-electron chi connectivity index (χ4n) is 1.19. The van der Waals surface area contributed by atoms with Crippen molar-refractivity contribution in [3.8, 4) is 6.07 Å². The van der Waals surface area contributed by atoms with Crippen LogP contribution in [0.15, 0.2) is 22.6 Å². The molecule has 0 radical (unpaired) electrons. The van der Waals surface area contributed by atoms with Gasteiger partial charge < -0.3 is 10.2 Å². The monoisotopic (exact) mass is 173 g/mol. The van der Waals surface area contributed by atoms with Crippen molar-refractivity contribution in [1.29, 1.82) is 5.26 Å².